The molecule has 2 aromatic rings. The molecule has 0 radical (unpaired) electrons. The van der Waals surface area contributed by atoms with Crippen LogP contribution in [0, 0.1) is 13.8 Å². The summed E-state index contributed by atoms with van der Waals surface area (Å²) in [5.41, 5.74) is 3.70. The molecule has 0 spiro atoms. The van der Waals surface area contributed by atoms with Crippen LogP contribution in [-0.2, 0) is 14.8 Å². The quantitative estimate of drug-likeness (QED) is 0.869. The van der Waals surface area contributed by atoms with Crippen molar-refractivity contribution in [1.82, 2.24) is 4.31 Å². The molecule has 0 saturated carbocycles. The van der Waals surface area contributed by atoms with E-state index in [1.807, 2.05) is 50.2 Å². The third kappa shape index (κ3) is 3.96. The van der Waals surface area contributed by atoms with Crippen molar-refractivity contribution in [3.8, 4) is 0 Å². The first-order valence-electron chi connectivity index (χ1n) is 8.73. The van der Waals surface area contributed by atoms with Gasteiger partial charge in [-0.05, 0) is 31.4 Å². The molecule has 142 valence electrons. The summed E-state index contributed by atoms with van der Waals surface area (Å²) in [6, 6.07) is 13.7. The Bertz CT molecular complexity index is 976. The number of sulfonamides is 1. The van der Waals surface area contributed by atoms with Crippen LogP contribution in [0.1, 0.15) is 40.8 Å². The fraction of sp³-hybridized carbons (Fsp3) is 0.286. The van der Waals surface area contributed by atoms with Gasteiger partial charge >= 0.3 is 5.97 Å². The number of carboxylic acids is 1. The van der Waals surface area contributed by atoms with E-state index in [9.17, 15) is 18.3 Å². The highest BCUT2D eigenvalue weighted by molar-refractivity contribution is 7.88. The number of nitrogens with zero attached hydrogens (tertiary/aromatic N) is 1. The van der Waals surface area contributed by atoms with E-state index in [4.69, 9.17) is 0 Å². The molecule has 2 atom stereocenters. The summed E-state index contributed by atoms with van der Waals surface area (Å²) < 4.78 is 26.9. The average molecular weight is 385 g/mol. The molecule has 0 saturated heterocycles. The largest absolute Gasteiger partial charge is 0.478 e. The maximum absolute atomic E-state index is 12.8. The maximum Gasteiger partial charge on any atom is 0.333 e. The highest BCUT2D eigenvalue weighted by atomic mass is 32.2. The number of hydrogen-bond donors (Lipinski definition) is 1. The molecule has 0 bridgehead atoms. The zero-order chi connectivity index (χ0) is 19.8. The summed E-state index contributed by atoms with van der Waals surface area (Å²) in [5.74, 6) is -1.10. The van der Waals surface area contributed by atoms with Crippen LogP contribution in [0.15, 0.2) is 60.2 Å². The third-order valence-corrected chi connectivity index (χ3v) is 6.13. The van der Waals surface area contributed by atoms with Crippen LogP contribution in [-0.4, -0.2) is 30.1 Å². The lowest BCUT2D eigenvalue weighted by molar-refractivity contribution is -0.133. The van der Waals surface area contributed by atoms with Crippen LogP contribution in [0.25, 0.3) is 0 Å². The second kappa shape index (κ2) is 7.29. The summed E-state index contributed by atoms with van der Waals surface area (Å²) in [6.07, 6.45) is 3.11. The van der Waals surface area contributed by atoms with Crippen LogP contribution in [0.2, 0.25) is 0 Å². The lowest BCUT2D eigenvalue weighted by Crippen LogP contribution is -2.41. The Kier molecular flexibility index (Phi) is 5.22. The first-order valence-corrected chi connectivity index (χ1v) is 10.6. The minimum absolute atomic E-state index is 0.0904. The van der Waals surface area contributed by atoms with Gasteiger partial charge in [0, 0.05) is 0 Å². The Morgan fingerprint density at radius 2 is 1.44 bits per heavy atom. The first-order chi connectivity index (χ1) is 12.7. The van der Waals surface area contributed by atoms with Gasteiger partial charge < -0.3 is 5.11 Å². The van der Waals surface area contributed by atoms with Crippen molar-refractivity contribution in [2.24, 2.45) is 0 Å². The Balaban J connectivity index is 2.19. The topological polar surface area (TPSA) is 74.7 Å². The summed E-state index contributed by atoms with van der Waals surface area (Å²) in [7, 11) is -3.68. The summed E-state index contributed by atoms with van der Waals surface area (Å²) in [4.78, 5) is 11.9. The normalized spacial score (nSPS) is 20.9. The van der Waals surface area contributed by atoms with Gasteiger partial charge in [0.25, 0.3) is 0 Å². The van der Waals surface area contributed by atoms with E-state index >= 15 is 0 Å². The second-order valence-electron chi connectivity index (χ2n) is 7.03. The monoisotopic (exact) mass is 385 g/mol. The molecule has 0 amide bonds. The Morgan fingerprint density at radius 1 is 0.963 bits per heavy atom. The number of carbonyl (C=O) groups is 1. The van der Waals surface area contributed by atoms with Crippen molar-refractivity contribution in [2.75, 3.05) is 6.26 Å². The lowest BCUT2D eigenvalue weighted by atomic mass is 9.89. The van der Waals surface area contributed by atoms with Crippen LogP contribution in [0.5, 0.6) is 0 Å². The molecule has 1 aliphatic rings. The molecule has 0 aromatic heterocycles. The summed E-state index contributed by atoms with van der Waals surface area (Å²) in [6.45, 7) is 3.90. The number of carboxylic acid groups (broad SMARTS) is 1. The van der Waals surface area contributed by atoms with Crippen molar-refractivity contribution < 1.29 is 18.3 Å². The van der Waals surface area contributed by atoms with E-state index in [0.29, 0.717) is 12.0 Å². The van der Waals surface area contributed by atoms with Gasteiger partial charge in [-0.3, -0.25) is 0 Å². The van der Waals surface area contributed by atoms with E-state index in [0.717, 1.165) is 22.9 Å². The van der Waals surface area contributed by atoms with Gasteiger partial charge in [-0.1, -0.05) is 65.7 Å². The smallest absolute Gasteiger partial charge is 0.333 e. The van der Waals surface area contributed by atoms with Crippen molar-refractivity contribution in [3.05, 3.63) is 82.4 Å². The molecule has 0 unspecified atom stereocenters. The third-order valence-electron chi connectivity index (χ3n) is 4.90. The van der Waals surface area contributed by atoms with Crippen molar-refractivity contribution >= 4 is 16.0 Å². The average Bonchev–Trinajstić information content (AvgIpc) is 2.61. The van der Waals surface area contributed by atoms with E-state index in [2.05, 4.69) is 0 Å². The van der Waals surface area contributed by atoms with Gasteiger partial charge in [-0.2, -0.15) is 4.31 Å². The van der Waals surface area contributed by atoms with Crippen molar-refractivity contribution in [3.63, 3.8) is 0 Å². The van der Waals surface area contributed by atoms with Crippen LogP contribution >= 0.6 is 0 Å². The molecule has 0 aliphatic carbocycles. The van der Waals surface area contributed by atoms with Crippen molar-refractivity contribution in [2.45, 2.75) is 32.4 Å². The van der Waals surface area contributed by atoms with Gasteiger partial charge in [0.1, 0.15) is 0 Å². The molecule has 0 fully saturated rings. The van der Waals surface area contributed by atoms with Crippen LogP contribution in [0.3, 0.4) is 0 Å². The summed E-state index contributed by atoms with van der Waals surface area (Å²) >= 11 is 0. The molecule has 1 N–H and O–H groups in total. The molecule has 1 heterocycles. The molecular formula is C21H23NO4S. The number of rotatable bonds is 4. The molecule has 6 heteroatoms. The molecule has 1 aliphatic heterocycles. The molecule has 2 aromatic carbocycles. The number of aryl methyl sites for hydroxylation is 2. The minimum atomic E-state index is -3.68. The predicted octanol–water partition coefficient (Wildman–Crippen LogP) is 3.76. The van der Waals surface area contributed by atoms with E-state index in [-0.39, 0.29) is 5.57 Å². The molecular weight excluding hydrogens is 362 g/mol. The van der Waals surface area contributed by atoms with Crippen LogP contribution < -0.4 is 0 Å². The molecule has 5 nitrogen and oxygen atoms in total. The molecule has 3 rings (SSSR count). The van der Waals surface area contributed by atoms with Crippen molar-refractivity contribution in [1.29, 1.82) is 0 Å². The Morgan fingerprint density at radius 3 is 1.89 bits per heavy atom. The molecule has 27 heavy (non-hydrogen) atoms. The van der Waals surface area contributed by atoms with E-state index in [1.54, 1.807) is 18.2 Å². The fourth-order valence-electron chi connectivity index (χ4n) is 3.54. The number of hydrogen-bond acceptors (Lipinski definition) is 3. The predicted molar refractivity (Wildman–Crippen MR) is 105 cm³/mol. The van der Waals surface area contributed by atoms with Gasteiger partial charge in [-0.15, -0.1) is 0 Å². The number of benzene rings is 2. The highest BCUT2D eigenvalue weighted by Crippen LogP contribution is 2.43. The summed E-state index contributed by atoms with van der Waals surface area (Å²) in [5, 5.41) is 9.71. The first kappa shape index (κ1) is 19.3. The van der Waals surface area contributed by atoms with Crippen LogP contribution in [0.4, 0.5) is 0 Å². The standard InChI is InChI=1S/C21H23NO4S/c1-14-4-8-16(9-5-14)19-13-12-18(21(23)24)20(22(19)27(3,25)26)17-10-6-15(2)7-11-17/h4-12,19-20H,13H2,1-3H3,(H,23,24)/t19-,20-/m0/s1. The Hall–Kier alpha value is -2.44. The lowest BCUT2D eigenvalue weighted by Gasteiger charge is -2.40. The SMILES string of the molecule is Cc1ccc([C@H]2C(C(=O)O)=CC[C@@H](c3ccc(C)cc3)N2S(C)(=O)=O)cc1. The maximum atomic E-state index is 12.8. The van der Waals surface area contributed by atoms with Gasteiger partial charge in [0.15, 0.2) is 0 Å². The fourth-order valence-corrected chi connectivity index (χ4v) is 4.83. The van der Waals surface area contributed by atoms with E-state index in [1.165, 1.54) is 4.31 Å². The second-order valence-corrected chi connectivity index (χ2v) is 8.92. The zero-order valence-corrected chi connectivity index (χ0v) is 16.4. The van der Waals surface area contributed by atoms with Gasteiger partial charge in [-0.25, -0.2) is 13.2 Å². The zero-order valence-electron chi connectivity index (χ0n) is 15.6. The van der Waals surface area contributed by atoms with Gasteiger partial charge in [0.2, 0.25) is 10.0 Å². The Labute approximate surface area is 160 Å². The van der Waals surface area contributed by atoms with E-state index < -0.39 is 28.1 Å². The number of aliphatic carboxylic acids is 1. The minimum Gasteiger partial charge on any atom is -0.478 e. The highest BCUT2D eigenvalue weighted by Gasteiger charge is 2.42. The van der Waals surface area contributed by atoms with Gasteiger partial charge in [0.05, 0.1) is 23.9 Å².